The molecule has 0 fully saturated rings. The van der Waals surface area contributed by atoms with Gasteiger partial charge >= 0.3 is 0 Å². The summed E-state index contributed by atoms with van der Waals surface area (Å²) >= 11 is 5.87. The fourth-order valence-corrected chi connectivity index (χ4v) is 2.40. The zero-order valence-corrected chi connectivity index (χ0v) is 13.5. The van der Waals surface area contributed by atoms with E-state index in [9.17, 15) is 4.79 Å². The number of nitrogens with two attached hydrogens (primary N) is 2. The van der Waals surface area contributed by atoms with Gasteiger partial charge in [-0.05, 0) is 12.8 Å². The molecule has 7 heteroatoms. The highest BCUT2D eigenvalue weighted by molar-refractivity contribution is 8.09. The fraction of sp³-hybridized carbons (Fsp3) is 0.833. The average Bonchev–Trinajstić information content (AvgIpc) is 2.35. The van der Waals surface area contributed by atoms with Crippen LogP contribution in [0.2, 0.25) is 0 Å². The molecule has 5 N–H and O–H groups in total. The van der Waals surface area contributed by atoms with Gasteiger partial charge in [0, 0.05) is 29.8 Å². The standard InChI is InChI=1S/C12H26N4OS2/c1-9(2)11(17)10(15-6-7-19-8-18)4-3-5-16-12(13)14/h9-10,15,18H,3-8H2,1-2H3,(H4,13,14,16). The first kappa shape index (κ1) is 18.6. The topological polar surface area (TPSA) is 93.5 Å². The van der Waals surface area contributed by atoms with E-state index in [1.807, 2.05) is 13.8 Å². The number of nitrogens with one attached hydrogen (secondary N) is 1. The second-order valence-electron chi connectivity index (χ2n) is 4.55. The van der Waals surface area contributed by atoms with Crippen LogP contribution in [-0.4, -0.2) is 41.7 Å². The predicted molar refractivity (Wildman–Crippen MR) is 87.9 cm³/mol. The van der Waals surface area contributed by atoms with Gasteiger partial charge in [-0.1, -0.05) is 13.8 Å². The Hall–Kier alpha value is -0.400. The highest BCUT2D eigenvalue weighted by Gasteiger charge is 2.19. The number of carbonyl (C=O) groups is 1. The van der Waals surface area contributed by atoms with Crippen LogP contribution in [0.3, 0.4) is 0 Å². The predicted octanol–water partition coefficient (Wildman–Crippen LogP) is 0.844. The smallest absolute Gasteiger partial charge is 0.185 e. The normalized spacial score (nSPS) is 12.4. The minimum Gasteiger partial charge on any atom is -0.370 e. The number of aliphatic imine (C=N–C) groups is 1. The fourth-order valence-electron chi connectivity index (χ4n) is 1.62. The van der Waals surface area contributed by atoms with E-state index in [0.29, 0.717) is 6.54 Å². The van der Waals surface area contributed by atoms with Crippen LogP contribution in [0.25, 0.3) is 0 Å². The molecular formula is C12H26N4OS2. The number of nitrogens with zero attached hydrogens (tertiary/aromatic N) is 1. The van der Waals surface area contributed by atoms with Crippen molar-refractivity contribution in [2.45, 2.75) is 32.7 Å². The minimum absolute atomic E-state index is 0.0399. The lowest BCUT2D eigenvalue weighted by molar-refractivity contribution is -0.124. The van der Waals surface area contributed by atoms with Crippen LogP contribution in [0.15, 0.2) is 4.99 Å². The van der Waals surface area contributed by atoms with E-state index in [1.54, 1.807) is 11.8 Å². The SMILES string of the molecule is CC(C)C(=O)C(CCCN=C(N)N)NCCSCS. The van der Waals surface area contributed by atoms with Gasteiger partial charge < -0.3 is 16.8 Å². The largest absolute Gasteiger partial charge is 0.370 e. The molecule has 0 aliphatic heterocycles. The summed E-state index contributed by atoms with van der Waals surface area (Å²) < 4.78 is 0. The Morgan fingerprint density at radius 3 is 2.63 bits per heavy atom. The monoisotopic (exact) mass is 306 g/mol. The summed E-state index contributed by atoms with van der Waals surface area (Å²) in [4.78, 5) is 16.0. The van der Waals surface area contributed by atoms with E-state index in [2.05, 4.69) is 22.9 Å². The number of thioether (sulfide) groups is 1. The zero-order valence-electron chi connectivity index (χ0n) is 11.8. The Morgan fingerprint density at radius 2 is 2.11 bits per heavy atom. The lowest BCUT2D eigenvalue weighted by Gasteiger charge is -2.19. The van der Waals surface area contributed by atoms with Crippen molar-refractivity contribution in [1.82, 2.24) is 5.32 Å². The molecule has 112 valence electrons. The number of hydrogen-bond donors (Lipinski definition) is 4. The summed E-state index contributed by atoms with van der Waals surface area (Å²) in [5.41, 5.74) is 10.5. The van der Waals surface area contributed by atoms with E-state index >= 15 is 0 Å². The summed E-state index contributed by atoms with van der Waals surface area (Å²) in [6.45, 7) is 5.24. The second kappa shape index (κ2) is 11.4. The number of carbonyl (C=O) groups excluding carboxylic acids is 1. The maximum Gasteiger partial charge on any atom is 0.185 e. The number of hydrogen-bond acceptors (Lipinski definition) is 5. The summed E-state index contributed by atoms with van der Waals surface area (Å²) in [6, 6.07) is -0.102. The van der Waals surface area contributed by atoms with Crippen molar-refractivity contribution in [3.63, 3.8) is 0 Å². The zero-order chi connectivity index (χ0) is 14.7. The highest BCUT2D eigenvalue weighted by Crippen LogP contribution is 2.07. The molecule has 0 amide bonds. The van der Waals surface area contributed by atoms with Crippen LogP contribution < -0.4 is 16.8 Å². The molecule has 0 heterocycles. The van der Waals surface area contributed by atoms with E-state index in [0.717, 1.165) is 30.2 Å². The Balaban J connectivity index is 4.11. The van der Waals surface area contributed by atoms with E-state index in [4.69, 9.17) is 11.5 Å². The molecule has 5 nitrogen and oxygen atoms in total. The van der Waals surface area contributed by atoms with Gasteiger partial charge in [0.1, 0.15) is 0 Å². The van der Waals surface area contributed by atoms with Crippen LogP contribution in [-0.2, 0) is 4.79 Å². The molecule has 0 bridgehead atoms. The van der Waals surface area contributed by atoms with Gasteiger partial charge in [0.15, 0.2) is 11.7 Å². The summed E-state index contributed by atoms with van der Waals surface area (Å²) in [7, 11) is 0. The van der Waals surface area contributed by atoms with Gasteiger partial charge in [0.25, 0.3) is 0 Å². The van der Waals surface area contributed by atoms with Gasteiger partial charge in [-0.2, -0.15) is 24.4 Å². The van der Waals surface area contributed by atoms with Crippen molar-refractivity contribution < 1.29 is 4.79 Å². The lowest BCUT2D eigenvalue weighted by atomic mass is 9.98. The van der Waals surface area contributed by atoms with Crippen molar-refractivity contribution in [2.75, 3.05) is 23.9 Å². The third-order valence-corrected chi connectivity index (χ3v) is 3.81. The van der Waals surface area contributed by atoms with Gasteiger partial charge in [-0.25, -0.2) is 0 Å². The van der Waals surface area contributed by atoms with Crippen molar-refractivity contribution in [2.24, 2.45) is 22.4 Å². The molecule has 0 aromatic carbocycles. The second-order valence-corrected chi connectivity index (χ2v) is 6.40. The van der Waals surface area contributed by atoms with E-state index < -0.39 is 0 Å². The quantitative estimate of drug-likeness (QED) is 0.149. The molecule has 0 rings (SSSR count). The van der Waals surface area contributed by atoms with Crippen LogP contribution in [0.1, 0.15) is 26.7 Å². The molecule has 0 aliphatic rings. The molecule has 1 unspecified atom stereocenters. The first-order chi connectivity index (χ1) is 8.99. The molecule has 0 aliphatic carbocycles. The van der Waals surface area contributed by atoms with E-state index in [-0.39, 0.29) is 23.7 Å². The van der Waals surface area contributed by atoms with Crippen LogP contribution >= 0.6 is 24.4 Å². The first-order valence-corrected chi connectivity index (χ1v) is 8.28. The van der Waals surface area contributed by atoms with Crippen molar-refractivity contribution in [3.05, 3.63) is 0 Å². The van der Waals surface area contributed by atoms with Crippen LogP contribution in [0.4, 0.5) is 0 Å². The Morgan fingerprint density at radius 1 is 1.42 bits per heavy atom. The van der Waals surface area contributed by atoms with E-state index in [1.165, 1.54) is 0 Å². The Labute approximate surface area is 125 Å². The minimum atomic E-state index is -0.102. The number of Topliss-reactive ketones (excluding diaryl/α,β-unsaturated/α-hetero) is 1. The average molecular weight is 307 g/mol. The number of ketones is 1. The van der Waals surface area contributed by atoms with Crippen LogP contribution in [0, 0.1) is 5.92 Å². The summed E-state index contributed by atoms with van der Waals surface area (Å²) in [5, 5.41) is 4.11. The van der Waals surface area contributed by atoms with Gasteiger partial charge in [0.05, 0.1) is 6.04 Å². The molecule has 0 aromatic heterocycles. The molecule has 0 saturated carbocycles. The molecule has 1 atom stereocenters. The van der Waals surface area contributed by atoms with Gasteiger partial charge in [-0.3, -0.25) is 9.79 Å². The van der Waals surface area contributed by atoms with Crippen LogP contribution in [0.5, 0.6) is 0 Å². The number of thiol groups is 1. The summed E-state index contributed by atoms with van der Waals surface area (Å²) in [6.07, 6.45) is 1.56. The lowest BCUT2D eigenvalue weighted by Crippen LogP contribution is -2.40. The molecular weight excluding hydrogens is 280 g/mol. The van der Waals surface area contributed by atoms with Crippen molar-refractivity contribution >= 4 is 36.1 Å². The van der Waals surface area contributed by atoms with Crippen molar-refractivity contribution in [1.29, 1.82) is 0 Å². The maximum absolute atomic E-state index is 12.1. The van der Waals surface area contributed by atoms with Gasteiger partial charge in [0.2, 0.25) is 0 Å². The Kier molecular flexibility index (Phi) is 11.2. The molecule has 0 aromatic rings. The molecule has 0 saturated heterocycles. The summed E-state index contributed by atoms with van der Waals surface area (Å²) in [5.74, 6) is 1.35. The third-order valence-electron chi connectivity index (χ3n) is 2.59. The Bertz CT molecular complexity index is 281. The first-order valence-electron chi connectivity index (χ1n) is 6.50. The number of guanidine groups is 1. The third kappa shape index (κ3) is 10.1. The maximum atomic E-state index is 12.1. The van der Waals surface area contributed by atoms with Crippen molar-refractivity contribution in [3.8, 4) is 0 Å². The van der Waals surface area contributed by atoms with Gasteiger partial charge in [-0.15, -0.1) is 0 Å². The number of rotatable bonds is 11. The molecule has 0 radical (unpaired) electrons. The molecule has 0 spiro atoms. The highest BCUT2D eigenvalue weighted by atomic mass is 32.2. The molecule has 19 heavy (non-hydrogen) atoms.